The van der Waals surface area contributed by atoms with Crippen LogP contribution in [0.3, 0.4) is 0 Å². The SMILES string of the molecule is Fc1cccc(-c2ccnc(N[C@H]3CO[C@H]4[C@@H]3OC[C@@H]4[NH2+]CCCc3ccccc3)n2)c1. The molecule has 0 spiro atoms. The molecule has 3 N–H and O–H groups in total. The number of anilines is 1. The predicted molar refractivity (Wildman–Crippen MR) is 120 cm³/mol. The van der Waals surface area contributed by atoms with Crippen LogP contribution in [0.1, 0.15) is 12.0 Å². The van der Waals surface area contributed by atoms with Gasteiger partial charge < -0.3 is 20.1 Å². The lowest BCUT2D eigenvalue weighted by molar-refractivity contribution is -0.693. The molecule has 0 radical (unpaired) electrons. The minimum absolute atomic E-state index is 0.00882. The van der Waals surface area contributed by atoms with E-state index in [2.05, 4.69) is 50.9 Å². The van der Waals surface area contributed by atoms with Gasteiger partial charge in [-0.15, -0.1) is 0 Å². The van der Waals surface area contributed by atoms with Crippen molar-refractivity contribution < 1.29 is 19.2 Å². The molecule has 3 heterocycles. The summed E-state index contributed by atoms with van der Waals surface area (Å²) in [7, 11) is 0. The Balaban J connectivity index is 1.14. The number of hydrogen-bond acceptors (Lipinski definition) is 5. The van der Waals surface area contributed by atoms with E-state index in [1.54, 1.807) is 18.3 Å². The van der Waals surface area contributed by atoms with Crippen LogP contribution < -0.4 is 10.6 Å². The first-order valence-corrected chi connectivity index (χ1v) is 11.2. The zero-order chi connectivity index (χ0) is 21.8. The van der Waals surface area contributed by atoms with Crippen molar-refractivity contribution in [1.82, 2.24) is 9.97 Å². The molecular formula is C25H28FN4O2+. The van der Waals surface area contributed by atoms with Crippen LogP contribution in [-0.4, -0.2) is 54.0 Å². The fraction of sp³-hybridized carbons (Fsp3) is 0.360. The number of benzene rings is 2. The van der Waals surface area contributed by atoms with E-state index in [1.807, 2.05) is 6.07 Å². The Hall–Kier alpha value is -2.87. The minimum atomic E-state index is -0.284. The first-order chi connectivity index (χ1) is 15.8. The van der Waals surface area contributed by atoms with Crippen LogP contribution in [0.15, 0.2) is 66.9 Å². The first kappa shape index (κ1) is 21.0. The highest BCUT2D eigenvalue weighted by Gasteiger charge is 2.49. The minimum Gasteiger partial charge on any atom is -0.367 e. The lowest BCUT2D eigenvalue weighted by Crippen LogP contribution is -2.92. The Labute approximate surface area is 187 Å². The number of halogens is 1. The Morgan fingerprint density at radius 3 is 2.75 bits per heavy atom. The van der Waals surface area contributed by atoms with Crippen LogP contribution in [0.25, 0.3) is 11.3 Å². The van der Waals surface area contributed by atoms with E-state index in [1.165, 1.54) is 17.7 Å². The Morgan fingerprint density at radius 2 is 1.88 bits per heavy atom. The van der Waals surface area contributed by atoms with Gasteiger partial charge in [0.1, 0.15) is 30.7 Å². The Morgan fingerprint density at radius 1 is 1.00 bits per heavy atom. The van der Waals surface area contributed by atoms with Gasteiger partial charge >= 0.3 is 0 Å². The third-order valence-electron chi connectivity index (χ3n) is 6.16. The van der Waals surface area contributed by atoms with Crippen molar-refractivity contribution in [2.24, 2.45) is 0 Å². The highest BCUT2D eigenvalue weighted by molar-refractivity contribution is 5.60. The number of nitrogens with zero attached hydrogens (tertiary/aromatic N) is 2. The zero-order valence-electron chi connectivity index (χ0n) is 17.9. The van der Waals surface area contributed by atoms with Crippen LogP contribution in [-0.2, 0) is 15.9 Å². The molecule has 1 aromatic heterocycles. The first-order valence-electron chi connectivity index (χ1n) is 11.2. The predicted octanol–water partition coefficient (Wildman–Crippen LogP) is 2.43. The van der Waals surface area contributed by atoms with Crippen molar-refractivity contribution >= 4 is 5.95 Å². The zero-order valence-corrected chi connectivity index (χ0v) is 17.9. The van der Waals surface area contributed by atoms with Gasteiger partial charge in [0.25, 0.3) is 0 Å². The summed E-state index contributed by atoms with van der Waals surface area (Å²) >= 11 is 0. The van der Waals surface area contributed by atoms with Crippen LogP contribution in [0.4, 0.5) is 10.3 Å². The average molecular weight is 436 g/mol. The monoisotopic (exact) mass is 435 g/mol. The molecular weight excluding hydrogens is 407 g/mol. The third kappa shape index (κ3) is 4.80. The molecule has 6 nitrogen and oxygen atoms in total. The van der Waals surface area contributed by atoms with Gasteiger partial charge in [-0.3, -0.25) is 0 Å². The van der Waals surface area contributed by atoms with E-state index in [4.69, 9.17) is 9.47 Å². The van der Waals surface area contributed by atoms with Gasteiger partial charge in [0.05, 0.1) is 24.9 Å². The van der Waals surface area contributed by atoms with Crippen LogP contribution >= 0.6 is 0 Å². The van der Waals surface area contributed by atoms with Crippen LogP contribution in [0.5, 0.6) is 0 Å². The van der Waals surface area contributed by atoms with Gasteiger partial charge in [-0.2, -0.15) is 0 Å². The second-order valence-electron chi connectivity index (χ2n) is 8.40. The Kier molecular flexibility index (Phi) is 6.39. The number of ether oxygens (including phenoxy) is 2. The molecule has 0 bridgehead atoms. The molecule has 0 saturated carbocycles. The largest absolute Gasteiger partial charge is 0.367 e. The van der Waals surface area contributed by atoms with E-state index >= 15 is 0 Å². The van der Waals surface area contributed by atoms with E-state index in [0.717, 1.165) is 24.9 Å². The highest BCUT2D eigenvalue weighted by Crippen LogP contribution is 2.27. The van der Waals surface area contributed by atoms with E-state index in [-0.39, 0.29) is 24.1 Å². The molecule has 32 heavy (non-hydrogen) atoms. The van der Waals surface area contributed by atoms with E-state index in [0.29, 0.717) is 30.9 Å². The lowest BCUT2D eigenvalue weighted by atomic mass is 10.1. The summed E-state index contributed by atoms with van der Waals surface area (Å²) in [6.07, 6.45) is 3.94. The van der Waals surface area contributed by atoms with E-state index in [9.17, 15) is 4.39 Å². The summed E-state index contributed by atoms with van der Waals surface area (Å²) in [5.74, 6) is 0.216. The molecule has 4 atom stereocenters. The molecule has 0 amide bonds. The van der Waals surface area contributed by atoms with Gasteiger partial charge in [-0.05, 0) is 30.2 Å². The maximum absolute atomic E-state index is 13.6. The molecule has 3 aromatic rings. The summed E-state index contributed by atoms with van der Waals surface area (Å²) in [5.41, 5.74) is 2.77. The topological polar surface area (TPSA) is 72.9 Å². The fourth-order valence-corrected chi connectivity index (χ4v) is 4.54. The molecule has 2 aromatic carbocycles. The molecule has 0 unspecified atom stereocenters. The van der Waals surface area contributed by atoms with Gasteiger partial charge in [0.2, 0.25) is 5.95 Å². The van der Waals surface area contributed by atoms with Crippen LogP contribution in [0, 0.1) is 5.82 Å². The highest BCUT2D eigenvalue weighted by atomic mass is 19.1. The molecule has 166 valence electrons. The maximum atomic E-state index is 13.6. The van der Waals surface area contributed by atoms with Gasteiger partial charge in [0.15, 0.2) is 0 Å². The van der Waals surface area contributed by atoms with Crippen molar-refractivity contribution in [3.05, 3.63) is 78.2 Å². The summed E-state index contributed by atoms with van der Waals surface area (Å²) in [5, 5.41) is 5.72. The molecule has 2 fully saturated rings. The fourth-order valence-electron chi connectivity index (χ4n) is 4.54. The average Bonchev–Trinajstić information content (AvgIpc) is 3.41. The normalized spacial score (nSPS) is 24.4. The standard InChI is InChI=1S/C25H27FN4O2/c26-19-10-4-9-18(14-19)20-11-13-28-25(29-20)30-22-16-32-23-21(15-31-24(22)23)27-12-5-8-17-6-2-1-3-7-17/h1-4,6-7,9-11,13-14,21-24,27H,5,8,12,15-16H2,(H,28,29,30)/p+1/t21-,22-,23+,24+/m0/s1. The summed E-state index contributed by atoms with van der Waals surface area (Å²) in [6, 6.07) is 19.1. The van der Waals surface area contributed by atoms with Gasteiger partial charge in [-0.25, -0.2) is 14.4 Å². The van der Waals surface area contributed by atoms with Crippen molar-refractivity contribution in [2.45, 2.75) is 37.1 Å². The summed E-state index contributed by atoms with van der Waals surface area (Å²) in [6.45, 7) is 2.28. The molecule has 5 rings (SSSR count). The number of nitrogens with two attached hydrogens (primary N) is 1. The second-order valence-corrected chi connectivity index (χ2v) is 8.40. The quantitative estimate of drug-likeness (QED) is 0.532. The number of aryl methyl sites for hydroxylation is 1. The second kappa shape index (κ2) is 9.73. The number of quaternary nitrogens is 1. The Bertz CT molecular complexity index is 1040. The lowest BCUT2D eigenvalue weighted by Gasteiger charge is -2.17. The molecule has 2 aliphatic rings. The van der Waals surface area contributed by atoms with Crippen molar-refractivity contribution in [3.63, 3.8) is 0 Å². The van der Waals surface area contributed by atoms with E-state index < -0.39 is 0 Å². The van der Waals surface area contributed by atoms with Crippen molar-refractivity contribution in [1.29, 1.82) is 0 Å². The van der Waals surface area contributed by atoms with Crippen molar-refractivity contribution in [2.75, 3.05) is 25.1 Å². The number of nitrogens with one attached hydrogen (secondary N) is 1. The number of fused-ring (bicyclic) bond motifs is 1. The van der Waals surface area contributed by atoms with Crippen LogP contribution in [0.2, 0.25) is 0 Å². The summed E-state index contributed by atoms with van der Waals surface area (Å²) in [4.78, 5) is 8.90. The molecule has 7 heteroatoms. The number of hydrogen-bond donors (Lipinski definition) is 2. The number of rotatable bonds is 8. The van der Waals surface area contributed by atoms with Gasteiger partial charge in [-0.1, -0.05) is 42.5 Å². The maximum Gasteiger partial charge on any atom is 0.223 e. The smallest absolute Gasteiger partial charge is 0.223 e. The molecule has 0 aliphatic carbocycles. The summed E-state index contributed by atoms with van der Waals surface area (Å²) < 4.78 is 25.8. The molecule has 2 saturated heterocycles. The van der Waals surface area contributed by atoms with Gasteiger partial charge in [0, 0.05) is 18.2 Å². The molecule has 2 aliphatic heterocycles. The third-order valence-corrected chi connectivity index (χ3v) is 6.16. The number of aromatic nitrogens is 2. The van der Waals surface area contributed by atoms with Crippen molar-refractivity contribution in [3.8, 4) is 11.3 Å².